The van der Waals surface area contributed by atoms with E-state index in [0.29, 0.717) is 10.7 Å². The first-order chi connectivity index (χ1) is 8.69. The number of halogens is 1. The van der Waals surface area contributed by atoms with E-state index in [0.717, 1.165) is 39.1 Å². The standard InChI is InChI=1S/C13H15ClN2O2/c14-10-1-4-15-11(7-10)12(17)16-5-2-13(8-16)3-6-18-9-13/h1,4,7H,2-3,5-6,8-9H2. The summed E-state index contributed by atoms with van der Waals surface area (Å²) in [6.07, 6.45) is 3.65. The predicted molar refractivity (Wildman–Crippen MR) is 67.6 cm³/mol. The summed E-state index contributed by atoms with van der Waals surface area (Å²) in [5.74, 6) is -0.0266. The molecule has 1 unspecified atom stereocenters. The summed E-state index contributed by atoms with van der Waals surface area (Å²) in [5, 5.41) is 0.548. The number of carbonyl (C=O) groups is 1. The molecule has 5 heteroatoms. The number of rotatable bonds is 1. The van der Waals surface area contributed by atoms with Crippen LogP contribution in [0.2, 0.25) is 5.02 Å². The predicted octanol–water partition coefficient (Wildman–Crippen LogP) is 1.99. The van der Waals surface area contributed by atoms with Gasteiger partial charge in [0.1, 0.15) is 5.69 Å². The lowest BCUT2D eigenvalue weighted by Crippen LogP contribution is -2.32. The van der Waals surface area contributed by atoms with Gasteiger partial charge < -0.3 is 9.64 Å². The zero-order valence-electron chi connectivity index (χ0n) is 10.1. The van der Waals surface area contributed by atoms with Crippen LogP contribution in [-0.2, 0) is 4.74 Å². The molecule has 96 valence electrons. The van der Waals surface area contributed by atoms with Gasteiger partial charge >= 0.3 is 0 Å². The number of carbonyl (C=O) groups excluding carboxylic acids is 1. The molecule has 1 spiro atoms. The second-order valence-corrected chi connectivity index (χ2v) is 5.58. The Kier molecular flexibility index (Phi) is 2.99. The number of likely N-dealkylation sites (tertiary alicyclic amines) is 1. The van der Waals surface area contributed by atoms with Crippen molar-refractivity contribution in [2.75, 3.05) is 26.3 Å². The molecule has 0 radical (unpaired) electrons. The molecule has 1 atom stereocenters. The SMILES string of the molecule is O=C(c1cc(Cl)ccn1)N1CCC2(CCOC2)C1. The summed E-state index contributed by atoms with van der Waals surface area (Å²) in [7, 11) is 0. The molecule has 2 aliphatic rings. The van der Waals surface area contributed by atoms with Crippen LogP contribution in [0.5, 0.6) is 0 Å². The van der Waals surface area contributed by atoms with Gasteiger partial charge in [-0.1, -0.05) is 11.6 Å². The van der Waals surface area contributed by atoms with E-state index < -0.39 is 0 Å². The van der Waals surface area contributed by atoms with Gasteiger partial charge in [-0.05, 0) is 25.0 Å². The fourth-order valence-electron chi connectivity index (χ4n) is 2.76. The van der Waals surface area contributed by atoms with Crippen LogP contribution in [0.3, 0.4) is 0 Å². The zero-order chi connectivity index (χ0) is 12.6. The highest BCUT2D eigenvalue weighted by atomic mass is 35.5. The van der Waals surface area contributed by atoms with Gasteiger partial charge in [0.15, 0.2) is 0 Å². The second-order valence-electron chi connectivity index (χ2n) is 5.14. The van der Waals surface area contributed by atoms with E-state index in [1.54, 1.807) is 18.3 Å². The lowest BCUT2D eigenvalue weighted by atomic mass is 9.87. The van der Waals surface area contributed by atoms with Crippen LogP contribution in [0.4, 0.5) is 0 Å². The van der Waals surface area contributed by atoms with Crippen molar-refractivity contribution in [1.82, 2.24) is 9.88 Å². The van der Waals surface area contributed by atoms with Crippen LogP contribution in [0.15, 0.2) is 18.3 Å². The number of ether oxygens (including phenoxy) is 1. The quantitative estimate of drug-likeness (QED) is 0.781. The van der Waals surface area contributed by atoms with Crippen molar-refractivity contribution in [3.63, 3.8) is 0 Å². The molecule has 1 aromatic heterocycles. The third-order valence-electron chi connectivity index (χ3n) is 3.85. The molecule has 1 aromatic rings. The van der Waals surface area contributed by atoms with Gasteiger partial charge in [0.25, 0.3) is 5.91 Å². The van der Waals surface area contributed by atoms with Crippen LogP contribution < -0.4 is 0 Å². The summed E-state index contributed by atoms with van der Waals surface area (Å²) in [6, 6.07) is 3.30. The molecule has 0 N–H and O–H groups in total. The van der Waals surface area contributed by atoms with Gasteiger partial charge in [0, 0.05) is 36.3 Å². The Balaban J connectivity index is 1.74. The Bertz CT molecular complexity index is 472. The molecule has 0 bridgehead atoms. The molecule has 2 saturated heterocycles. The molecule has 0 aliphatic carbocycles. The van der Waals surface area contributed by atoms with E-state index in [1.165, 1.54) is 0 Å². The summed E-state index contributed by atoms with van der Waals surface area (Å²) < 4.78 is 5.46. The number of aromatic nitrogens is 1. The number of hydrogen-bond donors (Lipinski definition) is 0. The Morgan fingerprint density at radius 2 is 2.39 bits per heavy atom. The molecule has 0 saturated carbocycles. The van der Waals surface area contributed by atoms with Gasteiger partial charge in [-0.3, -0.25) is 9.78 Å². The van der Waals surface area contributed by atoms with Crippen LogP contribution in [0.1, 0.15) is 23.3 Å². The molecule has 3 heterocycles. The van der Waals surface area contributed by atoms with E-state index in [4.69, 9.17) is 16.3 Å². The van der Waals surface area contributed by atoms with E-state index >= 15 is 0 Å². The van der Waals surface area contributed by atoms with E-state index in [2.05, 4.69) is 4.98 Å². The Labute approximate surface area is 111 Å². The molecule has 1 amide bonds. The monoisotopic (exact) mass is 266 g/mol. The minimum atomic E-state index is -0.0266. The molecule has 4 nitrogen and oxygen atoms in total. The Morgan fingerprint density at radius 1 is 1.50 bits per heavy atom. The van der Waals surface area contributed by atoms with Crippen LogP contribution in [0.25, 0.3) is 0 Å². The Morgan fingerprint density at radius 3 is 3.11 bits per heavy atom. The van der Waals surface area contributed by atoms with Crippen LogP contribution in [-0.4, -0.2) is 42.1 Å². The first-order valence-electron chi connectivity index (χ1n) is 6.17. The average molecular weight is 267 g/mol. The van der Waals surface area contributed by atoms with Crippen molar-refractivity contribution in [2.45, 2.75) is 12.8 Å². The first-order valence-corrected chi connectivity index (χ1v) is 6.55. The average Bonchev–Trinajstić information content (AvgIpc) is 3.00. The fraction of sp³-hybridized carbons (Fsp3) is 0.538. The molecule has 18 heavy (non-hydrogen) atoms. The molecular formula is C13H15ClN2O2. The molecule has 2 aliphatic heterocycles. The number of amides is 1. The van der Waals surface area contributed by atoms with E-state index in [9.17, 15) is 4.79 Å². The van der Waals surface area contributed by atoms with Gasteiger partial charge in [-0.2, -0.15) is 0 Å². The maximum atomic E-state index is 12.3. The van der Waals surface area contributed by atoms with Crippen molar-refractivity contribution in [3.05, 3.63) is 29.0 Å². The summed E-state index contributed by atoms with van der Waals surface area (Å²) in [6.45, 7) is 3.16. The van der Waals surface area contributed by atoms with E-state index in [-0.39, 0.29) is 11.3 Å². The van der Waals surface area contributed by atoms with Gasteiger partial charge in [0.2, 0.25) is 0 Å². The minimum absolute atomic E-state index is 0.0266. The first kappa shape index (κ1) is 11.9. The third kappa shape index (κ3) is 2.10. The van der Waals surface area contributed by atoms with Crippen molar-refractivity contribution in [1.29, 1.82) is 0 Å². The summed E-state index contributed by atoms with van der Waals surface area (Å²) >= 11 is 5.89. The normalized spacial score (nSPS) is 27.1. The number of pyridine rings is 1. The van der Waals surface area contributed by atoms with Crippen molar-refractivity contribution in [2.24, 2.45) is 5.41 Å². The van der Waals surface area contributed by atoms with Crippen LogP contribution >= 0.6 is 11.6 Å². The summed E-state index contributed by atoms with van der Waals surface area (Å²) in [4.78, 5) is 18.3. The van der Waals surface area contributed by atoms with Gasteiger partial charge in [-0.25, -0.2) is 0 Å². The number of nitrogens with zero attached hydrogens (tertiary/aromatic N) is 2. The topological polar surface area (TPSA) is 42.4 Å². The maximum Gasteiger partial charge on any atom is 0.272 e. The highest BCUT2D eigenvalue weighted by molar-refractivity contribution is 6.30. The van der Waals surface area contributed by atoms with Crippen molar-refractivity contribution >= 4 is 17.5 Å². The lowest BCUT2D eigenvalue weighted by molar-refractivity contribution is 0.0760. The molecule has 0 aromatic carbocycles. The molecular weight excluding hydrogens is 252 g/mol. The van der Waals surface area contributed by atoms with Crippen LogP contribution in [0, 0.1) is 5.41 Å². The number of hydrogen-bond acceptors (Lipinski definition) is 3. The Hall–Kier alpha value is -1.13. The summed E-state index contributed by atoms with van der Waals surface area (Å²) in [5.41, 5.74) is 0.618. The lowest BCUT2D eigenvalue weighted by Gasteiger charge is -2.21. The second kappa shape index (κ2) is 4.52. The maximum absolute atomic E-state index is 12.3. The smallest absolute Gasteiger partial charge is 0.272 e. The molecule has 2 fully saturated rings. The third-order valence-corrected chi connectivity index (χ3v) is 4.09. The van der Waals surface area contributed by atoms with Crippen molar-refractivity contribution < 1.29 is 9.53 Å². The van der Waals surface area contributed by atoms with Crippen molar-refractivity contribution in [3.8, 4) is 0 Å². The van der Waals surface area contributed by atoms with Gasteiger partial charge in [0.05, 0.1) is 6.61 Å². The highest BCUT2D eigenvalue weighted by Crippen LogP contribution is 2.38. The fourth-order valence-corrected chi connectivity index (χ4v) is 2.92. The minimum Gasteiger partial charge on any atom is -0.381 e. The largest absolute Gasteiger partial charge is 0.381 e. The highest BCUT2D eigenvalue weighted by Gasteiger charge is 2.43. The van der Waals surface area contributed by atoms with E-state index in [1.807, 2.05) is 4.90 Å². The zero-order valence-corrected chi connectivity index (χ0v) is 10.8. The van der Waals surface area contributed by atoms with Gasteiger partial charge in [-0.15, -0.1) is 0 Å². The molecule has 3 rings (SSSR count).